The highest BCUT2D eigenvalue weighted by Gasteiger charge is 2.20. The second-order valence-electron chi connectivity index (χ2n) is 8.81. The number of aromatic nitrogens is 6. The first-order valence-electron chi connectivity index (χ1n) is 12.0. The van der Waals surface area contributed by atoms with Crippen LogP contribution in [-0.4, -0.2) is 36.2 Å². The number of rotatable bonds is 6. The van der Waals surface area contributed by atoms with Crippen molar-refractivity contribution in [3.8, 4) is 22.8 Å². The average Bonchev–Trinajstić information content (AvgIpc) is 3.42. The molecule has 0 bridgehead atoms. The van der Waals surface area contributed by atoms with E-state index < -0.39 is 0 Å². The van der Waals surface area contributed by atoms with Crippen LogP contribution in [0.5, 0.6) is 6.01 Å². The van der Waals surface area contributed by atoms with Crippen LogP contribution in [0.2, 0.25) is 0 Å². The van der Waals surface area contributed by atoms with Gasteiger partial charge in [-0.25, -0.2) is 15.0 Å². The molecule has 4 heterocycles. The largest absolute Gasteiger partial charge is 0.467 e. The molecule has 188 valence electrons. The van der Waals surface area contributed by atoms with Crippen LogP contribution in [0, 0.1) is 0 Å². The van der Waals surface area contributed by atoms with Crippen LogP contribution in [0.25, 0.3) is 33.2 Å². The molecule has 4 aromatic heterocycles. The lowest BCUT2D eigenvalue weighted by Crippen LogP contribution is -2.26. The first-order valence-corrected chi connectivity index (χ1v) is 12.0. The number of nitrogens with zero attached hydrogens (tertiary/aromatic N) is 6. The zero-order chi connectivity index (χ0) is 26.2. The van der Waals surface area contributed by atoms with Crippen molar-refractivity contribution < 1.29 is 4.74 Å². The molecule has 0 saturated heterocycles. The van der Waals surface area contributed by atoms with E-state index >= 15 is 0 Å². The van der Waals surface area contributed by atoms with Crippen LogP contribution in [0.3, 0.4) is 0 Å². The molecular weight excluding hydrogens is 480 g/mol. The number of methoxy groups -OCH3 is 1. The number of anilines is 2. The highest BCUT2D eigenvalue weighted by Crippen LogP contribution is 2.30. The van der Waals surface area contributed by atoms with Gasteiger partial charge in [0.25, 0.3) is 5.56 Å². The maximum atomic E-state index is 14.3. The first-order chi connectivity index (χ1) is 18.5. The van der Waals surface area contributed by atoms with E-state index in [1.54, 1.807) is 39.8 Å². The standard InChI is InChI=1S/C28H24N8O2/c1-17(33-25-14-23(29)34-24-11-12-32-36(24)25)22-13-18-7-6-10-21(19-15-30-28(38-2)31-16-19)26(18)27(37)35(22)20-8-4-3-5-9-20/h3-17,33H,1-2H3,(H2,29,34). The molecule has 38 heavy (non-hydrogen) atoms. The van der Waals surface area contributed by atoms with E-state index in [1.807, 2.05) is 61.5 Å². The Morgan fingerprint density at radius 3 is 2.55 bits per heavy atom. The SMILES string of the molecule is COc1ncc(-c2cccc3cc(C(C)Nc4cc(N)nc5ccnn45)n(-c4ccccc4)c(=O)c23)cn1. The van der Waals surface area contributed by atoms with Gasteiger partial charge >= 0.3 is 6.01 Å². The Bertz CT molecular complexity index is 1830. The lowest BCUT2D eigenvalue weighted by Gasteiger charge is -2.22. The highest BCUT2D eigenvalue weighted by molar-refractivity contribution is 5.96. The lowest BCUT2D eigenvalue weighted by molar-refractivity contribution is 0.380. The summed E-state index contributed by atoms with van der Waals surface area (Å²) in [7, 11) is 1.51. The Balaban J connectivity index is 1.55. The fourth-order valence-corrected chi connectivity index (χ4v) is 4.68. The number of nitrogens with one attached hydrogen (secondary N) is 1. The van der Waals surface area contributed by atoms with Gasteiger partial charge in [0.15, 0.2) is 5.65 Å². The van der Waals surface area contributed by atoms with Gasteiger partial charge in [-0.1, -0.05) is 36.4 Å². The summed E-state index contributed by atoms with van der Waals surface area (Å²) < 4.78 is 8.52. The number of nitrogens with two attached hydrogens (primary N) is 1. The summed E-state index contributed by atoms with van der Waals surface area (Å²) in [5.41, 5.74) is 9.51. The molecule has 0 aliphatic carbocycles. The normalized spacial score (nSPS) is 12.1. The van der Waals surface area contributed by atoms with Crippen LogP contribution in [-0.2, 0) is 0 Å². The first kappa shape index (κ1) is 23.2. The summed E-state index contributed by atoms with van der Waals surface area (Å²) in [4.78, 5) is 27.1. The van der Waals surface area contributed by atoms with Gasteiger partial charge in [-0.3, -0.25) is 9.36 Å². The molecule has 0 aliphatic heterocycles. The molecule has 0 amide bonds. The summed E-state index contributed by atoms with van der Waals surface area (Å²) in [5.74, 6) is 1.04. The molecule has 1 atom stereocenters. The molecule has 10 heteroatoms. The Hall–Kier alpha value is -5.25. The van der Waals surface area contributed by atoms with Gasteiger partial charge in [-0.2, -0.15) is 9.61 Å². The molecule has 6 aromatic rings. The van der Waals surface area contributed by atoms with Crippen LogP contribution in [0.1, 0.15) is 18.7 Å². The molecular formula is C28H24N8O2. The van der Waals surface area contributed by atoms with Crippen molar-refractivity contribution in [3.05, 3.63) is 101 Å². The molecule has 0 aliphatic rings. The maximum Gasteiger partial charge on any atom is 0.316 e. The van der Waals surface area contributed by atoms with Crippen LogP contribution in [0.4, 0.5) is 11.6 Å². The maximum absolute atomic E-state index is 14.3. The molecule has 10 nitrogen and oxygen atoms in total. The Labute approximate surface area is 217 Å². The third-order valence-corrected chi connectivity index (χ3v) is 6.40. The van der Waals surface area contributed by atoms with E-state index in [1.165, 1.54) is 7.11 Å². The molecule has 0 fully saturated rings. The predicted octanol–water partition coefficient (Wildman–Crippen LogP) is 4.25. The quantitative estimate of drug-likeness (QED) is 0.345. The number of hydrogen-bond donors (Lipinski definition) is 2. The third kappa shape index (κ3) is 3.97. The molecule has 6 rings (SSSR count). The molecule has 0 spiro atoms. The zero-order valence-electron chi connectivity index (χ0n) is 20.7. The zero-order valence-corrected chi connectivity index (χ0v) is 20.7. The fourth-order valence-electron chi connectivity index (χ4n) is 4.68. The van der Waals surface area contributed by atoms with E-state index in [9.17, 15) is 4.79 Å². The van der Waals surface area contributed by atoms with Gasteiger partial charge < -0.3 is 15.8 Å². The second kappa shape index (κ2) is 9.32. The number of fused-ring (bicyclic) bond motifs is 2. The lowest BCUT2D eigenvalue weighted by atomic mass is 9.99. The Kier molecular flexibility index (Phi) is 5.68. The molecule has 0 radical (unpaired) electrons. The fraction of sp³-hybridized carbons (Fsp3) is 0.107. The number of para-hydroxylation sites is 1. The molecule has 0 saturated carbocycles. The van der Waals surface area contributed by atoms with Crippen molar-refractivity contribution in [2.75, 3.05) is 18.2 Å². The number of pyridine rings is 1. The van der Waals surface area contributed by atoms with Crippen molar-refractivity contribution in [1.82, 2.24) is 29.1 Å². The molecule has 2 aromatic carbocycles. The predicted molar refractivity (Wildman–Crippen MR) is 147 cm³/mol. The second-order valence-corrected chi connectivity index (χ2v) is 8.81. The number of benzene rings is 2. The summed E-state index contributed by atoms with van der Waals surface area (Å²) in [6.07, 6.45) is 4.99. The van der Waals surface area contributed by atoms with Crippen LogP contribution >= 0.6 is 0 Å². The molecule has 3 N–H and O–H groups in total. The summed E-state index contributed by atoms with van der Waals surface area (Å²) >= 11 is 0. The van der Waals surface area contributed by atoms with Gasteiger partial charge in [-0.15, -0.1) is 0 Å². The van der Waals surface area contributed by atoms with Gasteiger partial charge in [-0.05, 0) is 36.1 Å². The van der Waals surface area contributed by atoms with E-state index in [-0.39, 0.29) is 17.6 Å². The van der Waals surface area contributed by atoms with E-state index in [0.717, 1.165) is 27.9 Å². The smallest absolute Gasteiger partial charge is 0.316 e. The Morgan fingerprint density at radius 2 is 1.79 bits per heavy atom. The van der Waals surface area contributed by atoms with Gasteiger partial charge in [0, 0.05) is 41.5 Å². The Morgan fingerprint density at radius 1 is 1.00 bits per heavy atom. The molecule has 1 unspecified atom stereocenters. The highest BCUT2D eigenvalue weighted by atomic mass is 16.5. The number of nitrogen functional groups attached to an aromatic ring is 1. The van der Waals surface area contributed by atoms with Gasteiger partial charge in [0.1, 0.15) is 11.6 Å². The van der Waals surface area contributed by atoms with Gasteiger partial charge in [0.2, 0.25) is 0 Å². The van der Waals surface area contributed by atoms with Crippen molar-refractivity contribution in [3.63, 3.8) is 0 Å². The van der Waals surface area contributed by atoms with Crippen molar-refractivity contribution in [2.45, 2.75) is 13.0 Å². The minimum Gasteiger partial charge on any atom is -0.467 e. The summed E-state index contributed by atoms with van der Waals surface area (Å²) in [5, 5.41) is 9.21. The van der Waals surface area contributed by atoms with E-state index in [2.05, 4.69) is 25.4 Å². The topological polar surface area (TPSA) is 125 Å². The van der Waals surface area contributed by atoms with Crippen LogP contribution < -0.4 is 21.3 Å². The summed E-state index contributed by atoms with van der Waals surface area (Å²) in [6.45, 7) is 1.99. The minimum absolute atomic E-state index is 0.151. The minimum atomic E-state index is -0.297. The third-order valence-electron chi connectivity index (χ3n) is 6.40. The van der Waals surface area contributed by atoms with Crippen molar-refractivity contribution in [1.29, 1.82) is 0 Å². The number of hydrogen-bond acceptors (Lipinski definition) is 8. The average molecular weight is 505 g/mol. The number of ether oxygens (including phenoxy) is 1. The van der Waals surface area contributed by atoms with E-state index in [0.29, 0.717) is 22.7 Å². The van der Waals surface area contributed by atoms with E-state index in [4.69, 9.17) is 10.5 Å². The van der Waals surface area contributed by atoms with Gasteiger partial charge in [0.05, 0.1) is 24.7 Å². The van der Waals surface area contributed by atoms with Crippen molar-refractivity contribution in [2.24, 2.45) is 0 Å². The monoisotopic (exact) mass is 504 g/mol. The van der Waals surface area contributed by atoms with Crippen LogP contribution in [0.15, 0.2) is 90.1 Å². The van der Waals surface area contributed by atoms with Crippen molar-refractivity contribution >= 4 is 28.1 Å². The summed E-state index contributed by atoms with van der Waals surface area (Å²) in [6, 6.07) is 20.8.